The lowest BCUT2D eigenvalue weighted by atomic mass is 10.1. The minimum absolute atomic E-state index is 0.0877. The van der Waals surface area contributed by atoms with Crippen LogP contribution in [0.1, 0.15) is 30.9 Å². The first-order valence-electron chi connectivity index (χ1n) is 8.81. The van der Waals surface area contributed by atoms with Gasteiger partial charge in [-0.3, -0.25) is 19.7 Å². The maximum atomic E-state index is 12.4. The highest BCUT2D eigenvalue weighted by molar-refractivity contribution is 8.01. The van der Waals surface area contributed by atoms with E-state index >= 15 is 0 Å². The first-order chi connectivity index (χ1) is 13.1. The van der Waals surface area contributed by atoms with Gasteiger partial charge in [-0.1, -0.05) is 6.07 Å². The number of carbonyl (C=O) groups excluding carboxylic acids is 3. The van der Waals surface area contributed by atoms with Crippen LogP contribution in [0.25, 0.3) is 0 Å². The number of carbonyl (C=O) groups is 3. The van der Waals surface area contributed by atoms with Gasteiger partial charge in [0.2, 0.25) is 5.91 Å². The molecule has 9 nitrogen and oxygen atoms in total. The molecule has 0 unspecified atom stereocenters. The van der Waals surface area contributed by atoms with Crippen molar-refractivity contribution in [1.29, 1.82) is 0 Å². The van der Waals surface area contributed by atoms with E-state index in [4.69, 9.17) is 4.74 Å². The van der Waals surface area contributed by atoms with Crippen LogP contribution >= 0.6 is 11.8 Å². The molecule has 10 heteroatoms. The second-order valence-electron chi connectivity index (χ2n) is 7.08. The Morgan fingerprint density at radius 1 is 1.43 bits per heavy atom. The standard InChI is InChI=1S/C18H21N3O6S/c1-10-4-5-12(21(25)26)16(11(10)2)19-14(22)8-27-17(24)13-9-28-18(3)7-6-15(23)20(13)18/h4-5,13H,6-9H2,1-3H3,(H,19,22)/t13-,18-/m1/s1. The lowest BCUT2D eigenvalue weighted by Crippen LogP contribution is -2.47. The van der Waals surface area contributed by atoms with Gasteiger partial charge in [0, 0.05) is 18.2 Å². The van der Waals surface area contributed by atoms with E-state index in [9.17, 15) is 24.5 Å². The monoisotopic (exact) mass is 407 g/mol. The molecule has 0 spiro atoms. The van der Waals surface area contributed by atoms with Gasteiger partial charge in [-0.25, -0.2) is 4.79 Å². The summed E-state index contributed by atoms with van der Waals surface area (Å²) in [4.78, 5) is 48.5. The summed E-state index contributed by atoms with van der Waals surface area (Å²) in [6.45, 7) is 4.78. The van der Waals surface area contributed by atoms with Gasteiger partial charge in [0.1, 0.15) is 11.7 Å². The molecule has 28 heavy (non-hydrogen) atoms. The van der Waals surface area contributed by atoms with Gasteiger partial charge >= 0.3 is 5.97 Å². The molecule has 0 aliphatic carbocycles. The van der Waals surface area contributed by atoms with Crippen molar-refractivity contribution in [2.75, 3.05) is 17.7 Å². The third-order valence-corrected chi connectivity index (χ3v) is 6.74. The molecular weight excluding hydrogens is 386 g/mol. The third-order valence-electron chi connectivity index (χ3n) is 5.24. The maximum absolute atomic E-state index is 12.4. The molecule has 2 aliphatic rings. The number of esters is 1. The molecule has 2 atom stereocenters. The predicted molar refractivity (Wildman–Crippen MR) is 103 cm³/mol. The van der Waals surface area contributed by atoms with Crippen LogP contribution in [0.3, 0.4) is 0 Å². The Hall–Kier alpha value is -2.62. The number of aryl methyl sites for hydroxylation is 1. The zero-order valence-electron chi connectivity index (χ0n) is 15.8. The molecule has 2 aliphatic heterocycles. The van der Waals surface area contributed by atoms with E-state index in [-0.39, 0.29) is 17.3 Å². The normalized spacial score (nSPS) is 23.5. The Labute approximate surface area is 165 Å². The molecule has 1 N–H and O–H groups in total. The maximum Gasteiger partial charge on any atom is 0.330 e. The number of ether oxygens (including phenoxy) is 1. The van der Waals surface area contributed by atoms with E-state index in [1.54, 1.807) is 24.8 Å². The fourth-order valence-electron chi connectivity index (χ4n) is 3.52. The molecule has 150 valence electrons. The lowest BCUT2D eigenvalue weighted by molar-refractivity contribution is -0.384. The third kappa shape index (κ3) is 3.56. The van der Waals surface area contributed by atoms with Crippen molar-refractivity contribution < 1.29 is 24.0 Å². The predicted octanol–water partition coefficient (Wildman–Crippen LogP) is 2.15. The highest BCUT2D eigenvalue weighted by Gasteiger charge is 2.53. The van der Waals surface area contributed by atoms with Crippen LogP contribution in [0.2, 0.25) is 0 Å². The highest BCUT2D eigenvalue weighted by atomic mass is 32.2. The molecular formula is C18H21N3O6S. The summed E-state index contributed by atoms with van der Waals surface area (Å²) >= 11 is 1.53. The zero-order chi connectivity index (χ0) is 20.6. The summed E-state index contributed by atoms with van der Waals surface area (Å²) in [7, 11) is 0. The van der Waals surface area contributed by atoms with Gasteiger partial charge < -0.3 is 15.0 Å². The molecule has 0 bridgehead atoms. The van der Waals surface area contributed by atoms with E-state index in [2.05, 4.69) is 5.32 Å². The number of benzene rings is 1. The minimum atomic E-state index is -0.715. The van der Waals surface area contributed by atoms with E-state index in [0.29, 0.717) is 24.2 Å². The topological polar surface area (TPSA) is 119 Å². The summed E-state index contributed by atoms with van der Waals surface area (Å²) in [5, 5.41) is 13.7. The van der Waals surface area contributed by atoms with E-state index < -0.39 is 34.3 Å². The van der Waals surface area contributed by atoms with Gasteiger partial charge in [-0.2, -0.15) is 0 Å². The van der Waals surface area contributed by atoms with Crippen LogP contribution in [-0.2, 0) is 19.1 Å². The molecule has 3 rings (SSSR count). The van der Waals surface area contributed by atoms with Crippen molar-refractivity contribution in [2.45, 2.75) is 44.5 Å². The molecule has 0 radical (unpaired) electrons. The number of anilines is 1. The number of hydrogen-bond donors (Lipinski definition) is 1. The number of nitrogens with one attached hydrogen (secondary N) is 1. The highest BCUT2D eigenvalue weighted by Crippen LogP contribution is 2.47. The van der Waals surface area contributed by atoms with Crippen LogP contribution in [0, 0.1) is 24.0 Å². The average molecular weight is 407 g/mol. The summed E-state index contributed by atoms with van der Waals surface area (Å²) in [6.07, 6.45) is 1.07. The summed E-state index contributed by atoms with van der Waals surface area (Å²) in [6, 6.07) is 2.21. The number of nitro groups is 1. The molecule has 2 fully saturated rings. The first kappa shape index (κ1) is 20.1. The smallest absolute Gasteiger partial charge is 0.330 e. The Morgan fingerprint density at radius 3 is 2.82 bits per heavy atom. The number of rotatable bonds is 5. The Morgan fingerprint density at radius 2 is 2.14 bits per heavy atom. The van der Waals surface area contributed by atoms with Crippen molar-refractivity contribution >= 4 is 40.9 Å². The fourth-order valence-corrected chi connectivity index (χ4v) is 4.93. The van der Waals surface area contributed by atoms with E-state index in [1.165, 1.54) is 17.8 Å². The molecule has 0 saturated carbocycles. The Bertz CT molecular complexity index is 873. The van der Waals surface area contributed by atoms with E-state index in [0.717, 1.165) is 5.56 Å². The van der Waals surface area contributed by atoms with Gasteiger partial charge in [0.25, 0.3) is 11.6 Å². The van der Waals surface area contributed by atoms with Gasteiger partial charge in [0.05, 0.1) is 9.79 Å². The molecule has 0 aromatic heterocycles. The first-order valence-corrected chi connectivity index (χ1v) is 9.80. The van der Waals surface area contributed by atoms with Crippen LogP contribution in [-0.4, -0.2) is 50.9 Å². The van der Waals surface area contributed by atoms with Crippen LogP contribution < -0.4 is 5.32 Å². The second kappa shape index (κ2) is 7.42. The Balaban J connectivity index is 1.64. The second-order valence-corrected chi connectivity index (χ2v) is 8.58. The molecule has 1 aromatic rings. The average Bonchev–Trinajstić information content (AvgIpc) is 3.13. The lowest BCUT2D eigenvalue weighted by Gasteiger charge is -2.29. The van der Waals surface area contributed by atoms with Crippen molar-refractivity contribution in [3.63, 3.8) is 0 Å². The van der Waals surface area contributed by atoms with Crippen molar-refractivity contribution in [3.05, 3.63) is 33.4 Å². The Kier molecular flexibility index (Phi) is 5.33. The van der Waals surface area contributed by atoms with E-state index in [1.807, 2.05) is 6.92 Å². The molecule has 2 heterocycles. The summed E-state index contributed by atoms with van der Waals surface area (Å²) in [5.74, 6) is -0.987. The summed E-state index contributed by atoms with van der Waals surface area (Å²) in [5.41, 5.74) is 1.21. The minimum Gasteiger partial charge on any atom is -0.454 e. The van der Waals surface area contributed by atoms with Crippen molar-refractivity contribution in [1.82, 2.24) is 4.90 Å². The number of nitrogens with zero attached hydrogens (tertiary/aromatic N) is 2. The molecule has 1 aromatic carbocycles. The van der Waals surface area contributed by atoms with Gasteiger partial charge in [-0.05, 0) is 38.3 Å². The quantitative estimate of drug-likeness (QED) is 0.451. The number of nitro benzene ring substituents is 1. The number of fused-ring (bicyclic) bond motifs is 1. The number of hydrogen-bond acceptors (Lipinski definition) is 7. The SMILES string of the molecule is Cc1ccc([N+](=O)[O-])c(NC(=O)COC(=O)[C@H]2CS[C@]3(C)CCC(=O)N23)c1C. The largest absolute Gasteiger partial charge is 0.454 e. The van der Waals surface area contributed by atoms with Crippen LogP contribution in [0.4, 0.5) is 11.4 Å². The van der Waals surface area contributed by atoms with Gasteiger partial charge in [0.15, 0.2) is 6.61 Å². The summed E-state index contributed by atoms with van der Waals surface area (Å²) < 4.78 is 5.10. The fraction of sp³-hybridized carbons (Fsp3) is 0.500. The van der Waals surface area contributed by atoms with Crippen LogP contribution in [0.5, 0.6) is 0 Å². The molecule has 2 saturated heterocycles. The van der Waals surface area contributed by atoms with Crippen molar-refractivity contribution in [3.8, 4) is 0 Å². The molecule has 2 amide bonds. The number of amides is 2. The van der Waals surface area contributed by atoms with Crippen LogP contribution in [0.15, 0.2) is 12.1 Å². The number of thioether (sulfide) groups is 1. The zero-order valence-corrected chi connectivity index (χ0v) is 16.6. The van der Waals surface area contributed by atoms with Crippen molar-refractivity contribution in [2.24, 2.45) is 0 Å². The van der Waals surface area contributed by atoms with Gasteiger partial charge in [-0.15, -0.1) is 11.8 Å².